The summed E-state index contributed by atoms with van der Waals surface area (Å²) in [4.78, 5) is 2.44. The third-order valence-electron chi connectivity index (χ3n) is 4.26. The molecule has 1 aliphatic heterocycles. The summed E-state index contributed by atoms with van der Waals surface area (Å²) >= 11 is -0.922. The molecule has 0 N–H and O–H groups in total. The molecular weight excluding hydrogens is 237 g/mol. The van der Waals surface area contributed by atoms with Gasteiger partial charge in [-0.3, -0.25) is 0 Å². The summed E-state index contributed by atoms with van der Waals surface area (Å²) in [6, 6.07) is 0. The highest BCUT2D eigenvalue weighted by Crippen LogP contribution is 2.23. The van der Waals surface area contributed by atoms with Gasteiger partial charge in [-0.15, -0.1) is 0 Å². The topological polar surface area (TPSA) is 12.5 Å². The van der Waals surface area contributed by atoms with Gasteiger partial charge in [0, 0.05) is 12.6 Å². The molecule has 1 rings (SSSR count). The van der Waals surface area contributed by atoms with E-state index >= 15 is 0 Å². The molecule has 0 spiro atoms. The molecule has 1 heterocycles. The van der Waals surface area contributed by atoms with Gasteiger partial charge in [0.15, 0.2) is 0 Å². The van der Waals surface area contributed by atoms with Crippen molar-refractivity contribution in [2.24, 2.45) is 5.92 Å². The summed E-state index contributed by atoms with van der Waals surface area (Å²) in [6.07, 6.45) is 7.22. The minimum atomic E-state index is -0.922. The lowest BCUT2D eigenvalue weighted by Gasteiger charge is -2.25. The van der Waals surface area contributed by atoms with Crippen molar-refractivity contribution in [3.63, 3.8) is 0 Å². The Hall–Kier alpha value is 0.452. The van der Waals surface area contributed by atoms with Gasteiger partial charge in [-0.1, -0.05) is 50.1 Å². The van der Waals surface area contributed by atoms with Gasteiger partial charge in [0.1, 0.15) is 0 Å². The van der Waals surface area contributed by atoms with Crippen LogP contribution in [-0.4, -0.2) is 45.6 Å². The molecule has 3 heteroatoms. The van der Waals surface area contributed by atoms with E-state index in [2.05, 4.69) is 32.7 Å². The summed E-state index contributed by atoms with van der Waals surface area (Å²) in [6.45, 7) is 9.40. The summed E-state index contributed by atoms with van der Waals surface area (Å²) in [5.41, 5.74) is 0. The van der Waals surface area contributed by atoms with E-state index in [9.17, 15) is 0 Å². The van der Waals surface area contributed by atoms with Crippen molar-refractivity contribution >= 4 is 14.5 Å². The summed E-state index contributed by atoms with van der Waals surface area (Å²) in [7, 11) is 2.23. The van der Waals surface area contributed by atoms with Gasteiger partial charge in [0.2, 0.25) is 0 Å². The quantitative estimate of drug-likeness (QED) is 0.588. The Bertz CT molecular complexity index is 205. The number of hydrogen-bond acceptors (Lipinski definition) is 2. The Morgan fingerprint density at radius 1 is 1.22 bits per heavy atom. The molecule has 106 valence electrons. The number of hydrogen-bond donors (Lipinski definition) is 0. The number of unbranched alkanes of at least 4 members (excludes halogenated alkanes) is 2. The molecule has 1 saturated heterocycles. The molecule has 0 amide bonds. The molecule has 0 bridgehead atoms. The minimum absolute atomic E-state index is 0.500. The fourth-order valence-electron chi connectivity index (χ4n) is 2.91. The standard InChI is InChI=1S/C7H14NO.2C4H9.Al/c1-6(9)7-3-4-8(2)5-7;2*1-3-4-2;/h6-7H,3-5H2,1-2H3;2*1,3-4H2,2H3;/q-1;;;+1. The lowest BCUT2D eigenvalue weighted by molar-refractivity contribution is 0.151. The summed E-state index contributed by atoms with van der Waals surface area (Å²) < 4.78 is 6.50. The average Bonchev–Trinajstić information content (AvgIpc) is 2.79. The predicted molar refractivity (Wildman–Crippen MR) is 81.3 cm³/mol. The minimum Gasteiger partial charge on any atom is -0.498 e. The molecule has 1 aliphatic rings. The zero-order chi connectivity index (χ0) is 13.4. The van der Waals surface area contributed by atoms with Gasteiger partial charge in [0.05, 0.1) is 0 Å². The van der Waals surface area contributed by atoms with E-state index in [1.165, 1.54) is 55.8 Å². The number of likely N-dealkylation sites (tertiary alicyclic amines) is 1. The van der Waals surface area contributed by atoms with Crippen molar-refractivity contribution < 1.29 is 3.79 Å². The maximum absolute atomic E-state index is 6.50. The molecule has 2 nitrogen and oxygen atoms in total. The van der Waals surface area contributed by atoms with E-state index < -0.39 is 14.5 Å². The van der Waals surface area contributed by atoms with Crippen LogP contribution >= 0.6 is 0 Å². The van der Waals surface area contributed by atoms with E-state index in [-0.39, 0.29) is 0 Å². The number of nitrogens with zero attached hydrogens (tertiary/aromatic N) is 1. The van der Waals surface area contributed by atoms with Crippen LogP contribution in [0.1, 0.15) is 52.9 Å². The van der Waals surface area contributed by atoms with Crippen LogP contribution in [0.5, 0.6) is 0 Å². The van der Waals surface area contributed by atoms with Crippen molar-refractivity contribution in [1.82, 2.24) is 4.90 Å². The van der Waals surface area contributed by atoms with Gasteiger partial charge >= 0.3 is 14.5 Å². The first-order valence-corrected chi connectivity index (χ1v) is 10.1. The Morgan fingerprint density at radius 3 is 2.28 bits per heavy atom. The lowest BCUT2D eigenvalue weighted by Crippen LogP contribution is -2.30. The second-order valence-corrected chi connectivity index (χ2v) is 8.73. The molecule has 0 aromatic carbocycles. The predicted octanol–water partition coefficient (Wildman–Crippen LogP) is 3.93. The second-order valence-electron chi connectivity index (χ2n) is 6.06. The van der Waals surface area contributed by atoms with E-state index in [0.29, 0.717) is 6.10 Å². The first-order valence-electron chi connectivity index (χ1n) is 8.01. The third kappa shape index (κ3) is 6.06. The van der Waals surface area contributed by atoms with Crippen molar-refractivity contribution in [2.75, 3.05) is 20.1 Å². The Morgan fingerprint density at radius 2 is 1.83 bits per heavy atom. The van der Waals surface area contributed by atoms with E-state index in [1.54, 1.807) is 0 Å². The van der Waals surface area contributed by atoms with Crippen LogP contribution in [0.15, 0.2) is 0 Å². The second kappa shape index (κ2) is 9.37. The zero-order valence-electron chi connectivity index (χ0n) is 13.0. The molecule has 0 aromatic heterocycles. The van der Waals surface area contributed by atoms with Crippen molar-refractivity contribution in [3.8, 4) is 0 Å². The third-order valence-corrected chi connectivity index (χ3v) is 7.18. The maximum atomic E-state index is 6.50. The fraction of sp³-hybridized carbons (Fsp3) is 1.00. The largest absolute Gasteiger partial charge is 0.498 e. The molecule has 2 unspecified atom stereocenters. The molecule has 1 fully saturated rings. The molecule has 0 aromatic rings. The van der Waals surface area contributed by atoms with Crippen LogP contribution in [0.2, 0.25) is 10.6 Å². The van der Waals surface area contributed by atoms with E-state index in [4.69, 9.17) is 3.79 Å². The average molecular weight is 269 g/mol. The molecule has 2 atom stereocenters. The van der Waals surface area contributed by atoms with Crippen molar-refractivity contribution in [1.29, 1.82) is 0 Å². The maximum Gasteiger partial charge on any atom is 0.460 e. The van der Waals surface area contributed by atoms with Crippen LogP contribution in [0, 0.1) is 5.92 Å². The van der Waals surface area contributed by atoms with E-state index in [1.807, 2.05) is 0 Å². The summed E-state index contributed by atoms with van der Waals surface area (Å²) in [5.74, 6) is 0.785. The zero-order valence-corrected chi connectivity index (χ0v) is 14.1. The van der Waals surface area contributed by atoms with E-state index in [0.717, 1.165) is 5.92 Å². The van der Waals surface area contributed by atoms with Crippen molar-refractivity contribution in [2.45, 2.75) is 69.5 Å². The van der Waals surface area contributed by atoms with Gasteiger partial charge in [-0.25, -0.2) is 0 Å². The monoisotopic (exact) mass is 269 g/mol. The molecule has 0 saturated carbocycles. The Labute approximate surface area is 119 Å². The fourth-order valence-corrected chi connectivity index (χ4v) is 6.03. The highest BCUT2D eigenvalue weighted by Gasteiger charge is 2.29. The highest BCUT2D eigenvalue weighted by atomic mass is 27.2. The molecule has 0 aliphatic carbocycles. The lowest BCUT2D eigenvalue weighted by atomic mass is 10.0. The van der Waals surface area contributed by atoms with Crippen molar-refractivity contribution in [3.05, 3.63) is 0 Å². The molecule has 18 heavy (non-hydrogen) atoms. The van der Waals surface area contributed by atoms with Crippen LogP contribution in [0.3, 0.4) is 0 Å². The SMILES string of the molecule is CCC[CH2][Al]([CH2]CCC)[O]C(C)C1CCN(C)C1. The normalized spacial score (nSPS) is 22.3. The van der Waals surface area contributed by atoms with Crippen LogP contribution < -0.4 is 0 Å². The van der Waals surface area contributed by atoms with Gasteiger partial charge < -0.3 is 8.69 Å². The first kappa shape index (κ1) is 16.5. The Kier molecular flexibility index (Phi) is 8.59. The van der Waals surface area contributed by atoms with Crippen LogP contribution in [0.4, 0.5) is 0 Å². The molecule has 0 radical (unpaired) electrons. The Balaban J connectivity index is 2.32. The highest BCUT2D eigenvalue weighted by molar-refractivity contribution is 6.51. The number of rotatable bonds is 9. The summed E-state index contributed by atoms with van der Waals surface area (Å²) in [5, 5.41) is 2.78. The first-order chi connectivity index (χ1) is 8.67. The molecular formula is C15H32AlNO. The van der Waals surface area contributed by atoms with Gasteiger partial charge in [-0.2, -0.15) is 0 Å². The van der Waals surface area contributed by atoms with Gasteiger partial charge in [0.25, 0.3) is 0 Å². The van der Waals surface area contributed by atoms with Crippen LogP contribution in [-0.2, 0) is 3.79 Å². The van der Waals surface area contributed by atoms with Gasteiger partial charge in [-0.05, 0) is 32.9 Å². The smallest absolute Gasteiger partial charge is 0.460 e. The van der Waals surface area contributed by atoms with Crippen LogP contribution in [0.25, 0.3) is 0 Å².